The second-order valence-corrected chi connectivity index (χ2v) is 4.30. The molecule has 0 saturated carbocycles. The van der Waals surface area contributed by atoms with Gasteiger partial charge in [-0.1, -0.05) is 18.2 Å². The molecule has 0 aliphatic carbocycles. The summed E-state index contributed by atoms with van der Waals surface area (Å²) in [5, 5.41) is 6.90. The molecule has 0 amide bonds. The van der Waals surface area contributed by atoms with Crippen LogP contribution in [0.2, 0.25) is 0 Å². The fraction of sp³-hybridized carbons (Fsp3) is 0.538. The maximum absolute atomic E-state index is 5.73. The summed E-state index contributed by atoms with van der Waals surface area (Å²) in [5.74, 6) is 0.920. The Hall–Kier alpha value is -1.10. The molecule has 0 radical (unpaired) electrons. The van der Waals surface area contributed by atoms with Crippen molar-refractivity contribution in [1.29, 1.82) is 0 Å². The van der Waals surface area contributed by atoms with Gasteiger partial charge in [0.05, 0.1) is 12.6 Å². The van der Waals surface area contributed by atoms with E-state index in [4.69, 9.17) is 9.47 Å². The molecule has 17 heavy (non-hydrogen) atoms. The summed E-state index contributed by atoms with van der Waals surface area (Å²) in [5.41, 5.74) is 0. The Balaban J connectivity index is 1.75. The van der Waals surface area contributed by atoms with Crippen molar-refractivity contribution >= 4 is 0 Å². The first kappa shape index (κ1) is 12.4. The lowest BCUT2D eigenvalue weighted by Gasteiger charge is -2.31. The van der Waals surface area contributed by atoms with Gasteiger partial charge in [0.25, 0.3) is 0 Å². The van der Waals surface area contributed by atoms with E-state index in [2.05, 4.69) is 10.6 Å². The molecule has 1 aliphatic rings. The lowest BCUT2D eigenvalue weighted by Crippen LogP contribution is -2.58. The van der Waals surface area contributed by atoms with Gasteiger partial charge < -0.3 is 20.1 Å². The van der Waals surface area contributed by atoms with Gasteiger partial charge in [-0.25, -0.2) is 0 Å². The van der Waals surface area contributed by atoms with Gasteiger partial charge in [0.1, 0.15) is 12.4 Å². The van der Waals surface area contributed by atoms with Gasteiger partial charge in [0.15, 0.2) is 0 Å². The highest BCUT2D eigenvalue weighted by molar-refractivity contribution is 5.20. The Kier molecular flexibility index (Phi) is 4.79. The molecule has 0 bridgehead atoms. The Morgan fingerprint density at radius 2 is 1.82 bits per heavy atom. The van der Waals surface area contributed by atoms with Crippen LogP contribution in [0.15, 0.2) is 30.3 Å². The summed E-state index contributed by atoms with van der Waals surface area (Å²) < 4.78 is 10.9. The van der Waals surface area contributed by atoms with E-state index in [0.29, 0.717) is 18.7 Å². The Morgan fingerprint density at radius 3 is 2.53 bits per heavy atom. The molecule has 94 valence electrons. The molecular formula is C13H20N2O2. The molecule has 1 fully saturated rings. The van der Waals surface area contributed by atoms with Gasteiger partial charge in [-0.05, 0) is 12.1 Å². The van der Waals surface area contributed by atoms with Gasteiger partial charge in [-0.3, -0.25) is 0 Å². The minimum atomic E-state index is 0.337. The second kappa shape index (κ2) is 6.59. The number of piperazine rings is 1. The van der Waals surface area contributed by atoms with Crippen LogP contribution in [0.1, 0.15) is 0 Å². The number of benzene rings is 1. The number of hydrogen-bond acceptors (Lipinski definition) is 4. The predicted molar refractivity (Wildman–Crippen MR) is 67.4 cm³/mol. The van der Waals surface area contributed by atoms with E-state index in [1.54, 1.807) is 7.11 Å². The van der Waals surface area contributed by atoms with Crippen LogP contribution in [0.5, 0.6) is 5.75 Å². The minimum absolute atomic E-state index is 0.337. The van der Waals surface area contributed by atoms with Gasteiger partial charge in [-0.15, -0.1) is 0 Å². The Bertz CT molecular complexity index is 316. The first-order valence-corrected chi connectivity index (χ1v) is 6.02. The Morgan fingerprint density at radius 1 is 1.12 bits per heavy atom. The molecule has 1 aliphatic heterocycles. The quantitative estimate of drug-likeness (QED) is 0.787. The van der Waals surface area contributed by atoms with Crippen LogP contribution in [-0.4, -0.2) is 45.5 Å². The van der Waals surface area contributed by atoms with Crippen molar-refractivity contribution < 1.29 is 9.47 Å². The molecule has 0 aromatic heterocycles. The van der Waals surface area contributed by atoms with Crippen molar-refractivity contribution in [3.8, 4) is 5.75 Å². The minimum Gasteiger partial charge on any atom is -0.492 e. The number of rotatable bonds is 5. The molecular weight excluding hydrogens is 216 g/mol. The van der Waals surface area contributed by atoms with E-state index in [1.165, 1.54) is 0 Å². The van der Waals surface area contributed by atoms with Gasteiger partial charge >= 0.3 is 0 Å². The molecule has 0 unspecified atom stereocenters. The zero-order chi connectivity index (χ0) is 11.9. The molecule has 1 saturated heterocycles. The zero-order valence-corrected chi connectivity index (χ0v) is 10.2. The van der Waals surface area contributed by atoms with Crippen LogP contribution in [0, 0.1) is 0 Å². The molecule has 4 nitrogen and oxygen atoms in total. The zero-order valence-electron chi connectivity index (χ0n) is 10.2. The fourth-order valence-corrected chi connectivity index (χ4v) is 2.01. The van der Waals surface area contributed by atoms with Crippen molar-refractivity contribution in [2.75, 3.05) is 33.4 Å². The van der Waals surface area contributed by atoms with Gasteiger partial charge in [0, 0.05) is 26.2 Å². The standard InChI is InChI=1S/C13H20N2O2/c1-16-9-11-7-14-8-12(15-11)10-17-13-5-3-2-4-6-13/h2-6,11-12,14-15H,7-10H2,1H3/t11-,12-/m1/s1. The molecule has 2 rings (SSSR count). The highest BCUT2D eigenvalue weighted by Crippen LogP contribution is 2.09. The van der Waals surface area contributed by atoms with E-state index < -0.39 is 0 Å². The molecule has 1 aromatic carbocycles. The van der Waals surface area contributed by atoms with Crippen molar-refractivity contribution in [2.45, 2.75) is 12.1 Å². The second-order valence-electron chi connectivity index (χ2n) is 4.30. The molecule has 2 N–H and O–H groups in total. The predicted octanol–water partition coefficient (Wildman–Crippen LogP) is 0.642. The van der Waals surface area contributed by atoms with Crippen molar-refractivity contribution in [3.63, 3.8) is 0 Å². The monoisotopic (exact) mass is 236 g/mol. The number of hydrogen-bond donors (Lipinski definition) is 2. The summed E-state index contributed by atoms with van der Waals surface area (Å²) in [7, 11) is 1.73. The summed E-state index contributed by atoms with van der Waals surface area (Å²) in [6.07, 6.45) is 0. The Labute approximate surface area is 102 Å². The lowest BCUT2D eigenvalue weighted by atomic mass is 10.1. The third kappa shape index (κ3) is 4.00. The van der Waals surface area contributed by atoms with Crippen LogP contribution < -0.4 is 15.4 Å². The highest BCUT2D eigenvalue weighted by Gasteiger charge is 2.20. The fourth-order valence-electron chi connectivity index (χ4n) is 2.01. The van der Waals surface area contributed by atoms with E-state index in [1.807, 2.05) is 30.3 Å². The first-order chi connectivity index (χ1) is 8.38. The van der Waals surface area contributed by atoms with Crippen LogP contribution in [-0.2, 0) is 4.74 Å². The largest absolute Gasteiger partial charge is 0.492 e. The summed E-state index contributed by atoms with van der Waals surface area (Å²) in [6, 6.07) is 10.6. The van der Waals surface area contributed by atoms with E-state index >= 15 is 0 Å². The van der Waals surface area contributed by atoms with Crippen molar-refractivity contribution in [1.82, 2.24) is 10.6 Å². The van der Waals surface area contributed by atoms with Crippen LogP contribution in [0.25, 0.3) is 0 Å². The third-order valence-corrected chi connectivity index (χ3v) is 2.82. The average molecular weight is 236 g/mol. The highest BCUT2D eigenvalue weighted by atomic mass is 16.5. The van der Waals surface area contributed by atoms with Gasteiger partial charge in [-0.2, -0.15) is 0 Å². The summed E-state index contributed by atoms with van der Waals surface area (Å²) >= 11 is 0. The van der Waals surface area contributed by atoms with E-state index in [9.17, 15) is 0 Å². The summed E-state index contributed by atoms with van der Waals surface area (Å²) in [4.78, 5) is 0. The normalized spacial score (nSPS) is 24.5. The number of para-hydroxylation sites is 1. The van der Waals surface area contributed by atoms with Crippen LogP contribution in [0.4, 0.5) is 0 Å². The molecule has 1 aromatic rings. The molecule has 4 heteroatoms. The number of nitrogens with one attached hydrogen (secondary N) is 2. The third-order valence-electron chi connectivity index (χ3n) is 2.82. The average Bonchev–Trinajstić information content (AvgIpc) is 2.39. The molecule has 0 spiro atoms. The number of ether oxygens (including phenoxy) is 2. The number of methoxy groups -OCH3 is 1. The van der Waals surface area contributed by atoms with Crippen molar-refractivity contribution in [3.05, 3.63) is 30.3 Å². The summed E-state index contributed by atoms with van der Waals surface area (Å²) in [6.45, 7) is 3.30. The molecule has 2 atom stereocenters. The molecule has 1 heterocycles. The SMILES string of the molecule is COC[C@H]1CNC[C@H](COc2ccccc2)N1. The van der Waals surface area contributed by atoms with Crippen LogP contribution >= 0.6 is 0 Å². The first-order valence-electron chi connectivity index (χ1n) is 6.02. The topological polar surface area (TPSA) is 42.5 Å². The maximum atomic E-state index is 5.73. The maximum Gasteiger partial charge on any atom is 0.119 e. The van der Waals surface area contributed by atoms with E-state index in [0.717, 1.165) is 25.4 Å². The van der Waals surface area contributed by atoms with Gasteiger partial charge in [0.2, 0.25) is 0 Å². The van der Waals surface area contributed by atoms with Crippen LogP contribution in [0.3, 0.4) is 0 Å². The lowest BCUT2D eigenvalue weighted by molar-refractivity contribution is 0.135. The smallest absolute Gasteiger partial charge is 0.119 e. The van der Waals surface area contributed by atoms with Crippen molar-refractivity contribution in [2.24, 2.45) is 0 Å². The van der Waals surface area contributed by atoms with E-state index in [-0.39, 0.29) is 0 Å².